The Kier molecular flexibility index (Phi) is 15.1. The topological polar surface area (TPSA) is 128 Å². The van der Waals surface area contributed by atoms with Crippen LogP contribution >= 0.6 is 0 Å². The lowest BCUT2D eigenvalue weighted by molar-refractivity contribution is -0.123. The van der Waals surface area contributed by atoms with Gasteiger partial charge in [-0.3, -0.25) is 19.1 Å². The van der Waals surface area contributed by atoms with E-state index in [0.29, 0.717) is 42.3 Å². The summed E-state index contributed by atoms with van der Waals surface area (Å²) in [5, 5.41) is 15.0. The maximum Gasteiger partial charge on any atom is 0.229 e. The minimum atomic E-state index is -0.508. The summed E-state index contributed by atoms with van der Waals surface area (Å²) >= 11 is 0. The second kappa shape index (κ2) is 20.2. The molecule has 11 heteroatoms. The van der Waals surface area contributed by atoms with Gasteiger partial charge in [0, 0.05) is 48.8 Å². The zero-order valence-corrected chi connectivity index (χ0v) is 32.2. The van der Waals surface area contributed by atoms with Crippen molar-refractivity contribution in [3.63, 3.8) is 0 Å². The first-order valence-electron chi connectivity index (χ1n) is 19.9. The highest BCUT2D eigenvalue weighted by molar-refractivity contribution is 6.04. The van der Waals surface area contributed by atoms with Crippen LogP contribution in [0.4, 0.5) is 11.4 Å². The van der Waals surface area contributed by atoms with Gasteiger partial charge in [0.1, 0.15) is 17.2 Å². The first-order chi connectivity index (χ1) is 25.8. The van der Waals surface area contributed by atoms with E-state index in [-0.39, 0.29) is 36.2 Å². The normalized spacial score (nSPS) is 19.0. The molecule has 2 N–H and O–H groups in total. The van der Waals surface area contributed by atoms with E-state index in [0.717, 1.165) is 24.1 Å². The van der Waals surface area contributed by atoms with Crippen LogP contribution in [0.1, 0.15) is 122 Å². The number of carbonyl (C=O) groups excluding carboxylic acids is 3. The molecule has 11 nitrogen and oxygen atoms in total. The number of methoxy groups -OCH3 is 2. The predicted octanol–water partition coefficient (Wildman–Crippen LogP) is 8.47. The molecule has 2 aliphatic rings. The number of hydrogen-bond donors (Lipinski definition) is 2. The summed E-state index contributed by atoms with van der Waals surface area (Å²) in [4.78, 5) is 40.8. The number of nitrogens with zero attached hydrogens (tertiary/aromatic N) is 4. The van der Waals surface area contributed by atoms with Crippen molar-refractivity contribution in [1.29, 1.82) is 0 Å². The quantitative estimate of drug-likeness (QED) is 0.203. The van der Waals surface area contributed by atoms with Crippen molar-refractivity contribution in [3.8, 4) is 22.8 Å². The number of aryl methyl sites for hydroxylation is 1. The largest absolute Gasteiger partial charge is 0.497 e. The number of carbonyl (C=O) groups is 3. The Bertz CT molecular complexity index is 1610. The summed E-state index contributed by atoms with van der Waals surface area (Å²) in [5.74, 6) is 0.391. The van der Waals surface area contributed by atoms with Crippen molar-refractivity contribution in [3.05, 3.63) is 48.7 Å². The molecule has 1 aliphatic carbocycles. The molecular formula is C42H60N6O5. The van der Waals surface area contributed by atoms with E-state index in [1.54, 1.807) is 42.0 Å². The summed E-state index contributed by atoms with van der Waals surface area (Å²) < 4.78 is 12.6. The highest BCUT2D eigenvalue weighted by atomic mass is 16.5. The van der Waals surface area contributed by atoms with E-state index in [1.807, 2.05) is 30.5 Å². The molecule has 3 aromatic rings. The summed E-state index contributed by atoms with van der Waals surface area (Å²) in [5.41, 5.74) is 2.66. The summed E-state index contributed by atoms with van der Waals surface area (Å²) in [6.07, 6.45) is 22.2. The molecule has 1 unspecified atom stereocenters. The molecule has 3 amide bonds. The molecule has 0 radical (unpaired) electrons. The van der Waals surface area contributed by atoms with Gasteiger partial charge in [0.05, 0.1) is 32.0 Å². The van der Waals surface area contributed by atoms with Crippen LogP contribution in [0.15, 0.2) is 48.7 Å². The maximum atomic E-state index is 13.2. The molecule has 2 fully saturated rings. The highest BCUT2D eigenvalue weighted by Crippen LogP contribution is 2.36. The van der Waals surface area contributed by atoms with Crippen LogP contribution in [-0.2, 0) is 20.9 Å². The summed E-state index contributed by atoms with van der Waals surface area (Å²) in [6, 6.07) is 12.7. The fourth-order valence-electron chi connectivity index (χ4n) is 7.66. The van der Waals surface area contributed by atoms with E-state index < -0.39 is 5.92 Å². The van der Waals surface area contributed by atoms with Gasteiger partial charge >= 0.3 is 0 Å². The van der Waals surface area contributed by atoms with Gasteiger partial charge in [0.25, 0.3) is 0 Å². The number of rotatable bonds is 11. The van der Waals surface area contributed by atoms with E-state index in [4.69, 9.17) is 9.47 Å². The van der Waals surface area contributed by atoms with Crippen molar-refractivity contribution in [2.45, 2.75) is 135 Å². The van der Waals surface area contributed by atoms with E-state index in [1.165, 1.54) is 83.5 Å². The van der Waals surface area contributed by atoms with Crippen molar-refractivity contribution >= 4 is 29.1 Å². The average Bonchev–Trinajstić information content (AvgIpc) is 3.79. The van der Waals surface area contributed by atoms with Gasteiger partial charge < -0.3 is 25.0 Å². The lowest BCUT2D eigenvalue weighted by atomic mass is 9.87. The molecule has 53 heavy (non-hydrogen) atoms. The van der Waals surface area contributed by atoms with Crippen LogP contribution in [0.3, 0.4) is 0 Å². The van der Waals surface area contributed by atoms with Crippen molar-refractivity contribution in [1.82, 2.24) is 20.3 Å². The van der Waals surface area contributed by atoms with Crippen molar-refractivity contribution in [2.75, 3.05) is 31.0 Å². The Morgan fingerprint density at radius 3 is 2.08 bits per heavy atom. The Hall–Kier alpha value is -4.41. The molecule has 5 rings (SSSR count). The number of nitrogens with one attached hydrogen (secondary N) is 2. The minimum Gasteiger partial charge on any atom is -0.497 e. The highest BCUT2D eigenvalue weighted by Gasteiger charge is 2.36. The Balaban J connectivity index is 1.07. The molecular weight excluding hydrogens is 668 g/mol. The minimum absolute atomic E-state index is 0.106. The average molecular weight is 729 g/mol. The zero-order chi connectivity index (χ0) is 37.5. The second-order valence-electron chi connectivity index (χ2n) is 15.2. The van der Waals surface area contributed by atoms with Crippen LogP contribution < -0.4 is 25.0 Å². The summed E-state index contributed by atoms with van der Waals surface area (Å²) in [7, 11) is 3.11. The number of benzene rings is 2. The first-order valence-corrected chi connectivity index (χ1v) is 19.9. The lowest BCUT2D eigenvalue weighted by Gasteiger charge is -2.31. The molecule has 1 aromatic heterocycles. The maximum absolute atomic E-state index is 13.2. The van der Waals surface area contributed by atoms with Crippen molar-refractivity contribution in [2.24, 2.45) is 5.92 Å². The van der Waals surface area contributed by atoms with Gasteiger partial charge in [0.2, 0.25) is 17.7 Å². The Morgan fingerprint density at radius 1 is 0.849 bits per heavy atom. The van der Waals surface area contributed by atoms with Crippen LogP contribution in [0.2, 0.25) is 0 Å². The van der Waals surface area contributed by atoms with Crippen LogP contribution in [0.5, 0.6) is 11.5 Å². The van der Waals surface area contributed by atoms with Gasteiger partial charge in [-0.05, 0) is 50.5 Å². The number of aromatic nitrogens is 3. The smallest absolute Gasteiger partial charge is 0.229 e. The van der Waals surface area contributed by atoms with E-state index >= 15 is 0 Å². The SMILES string of the molecule is COc1ccc(OC)c(N2CC(C(=O)Nc3ccc(-c4cn(CCCC(=O)NC5(C)CCCCCCCCCCCCCCC5)nn4)cc3)CC2=O)c1. The van der Waals surface area contributed by atoms with E-state index in [9.17, 15) is 14.4 Å². The molecule has 0 bridgehead atoms. The summed E-state index contributed by atoms with van der Waals surface area (Å²) in [6.45, 7) is 3.10. The zero-order valence-electron chi connectivity index (χ0n) is 32.2. The predicted molar refractivity (Wildman–Crippen MR) is 209 cm³/mol. The standard InChI is InChI=1S/C42H60N6O5/c1-42(25-15-13-11-9-7-5-4-6-8-10-12-14-16-26-42)44-39(49)18-17-27-47-31-36(45-46-47)32-19-21-34(22-20-32)43-41(51)33-28-40(50)48(30-33)37-29-35(52-2)23-24-38(37)53-3/h19-24,29,31,33H,4-18,25-28,30H2,1-3H3,(H,43,51)(H,44,49). The third kappa shape index (κ3) is 12.1. The second-order valence-corrected chi connectivity index (χ2v) is 15.2. The Morgan fingerprint density at radius 2 is 1.47 bits per heavy atom. The molecule has 2 aromatic carbocycles. The van der Waals surface area contributed by atoms with Crippen LogP contribution in [0, 0.1) is 5.92 Å². The molecule has 288 valence electrons. The van der Waals surface area contributed by atoms with Gasteiger partial charge in [0.15, 0.2) is 0 Å². The van der Waals surface area contributed by atoms with Gasteiger partial charge in [-0.2, -0.15) is 0 Å². The van der Waals surface area contributed by atoms with Crippen LogP contribution in [0.25, 0.3) is 11.3 Å². The number of ether oxygens (including phenoxy) is 2. The van der Waals surface area contributed by atoms with E-state index in [2.05, 4.69) is 27.9 Å². The molecule has 1 atom stereocenters. The lowest BCUT2D eigenvalue weighted by Crippen LogP contribution is -2.46. The number of anilines is 2. The van der Waals surface area contributed by atoms with Gasteiger partial charge in [-0.15, -0.1) is 5.10 Å². The fourth-order valence-corrected chi connectivity index (χ4v) is 7.66. The Labute approximate surface area is 315 Å². The first kappa shape index (κ1) is 39.8. The molecule has 1 aliphatic heterocycles. The monoisotopic (exact) mass is 728 g/mol. The number of amides is 3. The molecule has 1 saturated heterocycles. The van der Waals surface area contributed by atoms with Crippen molar-refractivity contribution < 1.29 is 23.9 Å². The molecule has 0 spiro atoms. The molecule has 2 heterocycles. The van der Waals surface area contributed by atoms with Gasteiger partial charge in [-0.1, -0.05) is 101 Å². The van der Waals surface area contributed by atoms with Gasteiger partial charge in [-0.25, -0.2) is 0 Å². The third-order valence-electron chi connectivity index (χ3n) is 10.8. The molecule has 1 saturated carbocycles. The third-order valence-corrected chi connectivity index (χ3v) is 10.8. The van der Waals surface area contributed by atoms with Crippen LogP contribution in [-0.4, -0.2) is 59.0 Å². The fraction of sp³-hybridized carbons (Fsp3) is 0.595. The number of hydrogen-bond acceptors (Lipinski definition) is 7.